The van der Waals surface area contributed by atoms with Gasteiger partial charge in [0.2, 0.25) is 15.9 Å². The minimum atomic E-state index is -4.25. The smallest absolute Gasteiger partial charge is 0.241 e. The van der Waals surface area contributed by atoms with Gasteiger partial charge >= 0.3 is 0 Å². The van der Waals surface area contributed by atoms with Crippen molar-refractivity contribution in [3.8, 4) is 17.2 Å². The molecule has 0 saturated carbocycles. The molecule has 0 aliphatic carbocycles. The van der Waals surface area contributed by atoms with E-state index in [2.05, 4.69) is 11.0 Å². The molecule has 2 aliphatic heterocycles. The van der Waals surface area contributed by atoms with Gasteiger partial charge < -0.3 is 9.80 Å². The number of sulfonamides is 1. The maximum Gasteiger partial charge on any atom is 0.241 e. The van der Waals surface area contributed by atoms with E-state index in [1.54, 1.807) is 11.0 Å². The van der Waals surface area contributed by atoms with Crippen LogP contribution in [0.25, 0.3) is 11.1 Å². The summed E-state index contributed by atoms with van der Waals surface area (Å²) in [6, 6.07) is 19.6. The summed E-state index contributed by atoms with van der Waals surface area (Å²) in [5.41, 5.74) is 4.41. The molecule has 3 aromatic carbocycles. The van der Waals surface area contributed by atoms with Gasteiger partial charge in [0.05, 0.1) is 17.6 Å². The number of nitriles is 1. The van der Waals surface area contributed by atoms with E-state index in [9.17, 15) is 22.9 Å². The lowest BCUT2D eigenvalue weighted by molar-refractivity contribution is -0.123. The number of halogens is 1. The minimum Gasteiger partial charge on any atom is -0.370 e. The van der Waals surface area contributed by atoms with Crippen molar-refractivity contribution in [3.63, 3.8) is 0 Å². The van der Waals surface area contributed by atoms with E-state index in [0.717, 1.165) is 22.9 Å². The molecule has 1 fully saturated rings. The van der Waals surface area contributed by atoms with Gasteiger partial charge in [0, 0.05) is 30.5 Å². The van der Waals surface area contributed by atoms with Gasteiger partial charge in [-0.25, -0.2) is 17.9 Å². The zero-order chi connectivity index (χ0) is 24.9. The highest BCUT2D eigenvalue weighted by molar-refractivity contribution is 7.89. The molecular formula is C26H23FN4O3S. The van der Waals surface area contributed by atoms with Crippen LogP contribution in [0.5, 0.6) is 0 Å². The quantitative estimate of drug-likeness (QED) is 0.603. The van der Waals surface area contributed by atoms with Crippen LogP contribution in [0.4, 0.5) is 15.8 Å². The summed E-state index contributed by atoms with van der Waals surface area (Å²) in [4.78, 5) is 16.4. The number of fused-ring (bicyclic) bond motifs is 1. The molecule has 9 heteroatoms. The second kappa shape index (κ2) is 8.48. The van der Waals surface area contributed by atoms with Crippen molar-refractivity contribution in [3.05, 3.63) is 77.6 Å². The lowest BCUT2D eigenvalue weighted by Crippen LogP contribution is -2.55. The van der Waals surface area contributed by atoms with E-state index < -0.39 is 20.7 Å². The molecule has 2 N–H and O–H groups in total. The number of amides is 1. The third kappa shape index (κ3) is 4.05. The van der Waals surface area contributed by atoms with Gasteiger partial charge in [-0.05, 0) is 60.4 Å². The van der Waals surface area contributed by atoms with Gasteiger partial charge in [0.1, 0.15) is 10.7 Å². The van der Waals surface area contributed by atoms with E-state index in [1.807, 2.05) is 49.4 Å². The summed E-state index contributed by atoms with van der Waals surface area (Å²) < 4.78 is 37.8. The van der Waals surface area contributed by atoms with Crippen LogP contribution in [-0.4, -0.2) is 33.5 Å². The average Bonchev–Trinajstić information content (AvgIpc) is 3.11. The monoisotopic (exact) mass is 490 g/mol. The molecule has 0 spiro atoms. The topological polar surface area (TPSA) is 108 Å². The molecule has 35 heavy (non-hydrogen) atoms. The molecular weight excluding hydrogens is 467 g/mol. The van der Waals surface area contributed by atoms with Crippen LogP contribution < -0.4 is 14.9 Å². The van der Waals surface area contributed by atoms with Crippen LogP contribution in [0, 0.1) is 23.1 Å². The standard InChI is InChI=1S/C26H23FN4O3S/c1-16-10-19-11-23(27)25(35(29,33)34)12-24(19)31(16)26(32)20-14-30(15-20)21-8-6-17(7-9-21)22-5-3-2-4-18(22)13-28/h2-9,11-12,16,20H,10,14-15H2,1H3,(H2,29,33,34)/t16-/m0/s1. The average molecular weight is 491 g/mol. The van der Waals surface area contributed by atoms with Crippen LogP contribution in [0.1, 0.15) is 18.1 Å². The molecule has 1 atom stereocenters. The Labute approximate surface area is 203 Å². The Bertz CT molecular complexity index is 1480. The van der Waals surface area contributed by atoms with E-state index in [0.29, 0.717) is 36.3 Å². The number of carbonyl (C=O) groups is 1. The summed E-state index contributed by atoms with van der Waals surface area (Å²) in [7, 11) is -4.25. The Kier molecular flexibility index (Phi) is 5.58. The lowest BCUT2D eigenvalue weighted by Gasteiger charge is -2.42. The number of primary sulfonamides is 1. The first-order chi connectivity index (χ1) is 16.7. The predicted octanol–water partition coefficient (Wildman–Crippen LogP) is 3.43. The number of nitrogens with two attached hydrogens (primary N) is 1. The van der Waals surface area contributed by atoms with Crippen molar-refractivity contribution < 1.29 is 17.6 Å². The third-order valence-corrected chi connectivity index (χ3v) is 7.64. The van der Waals surface area contributed by atoms with E-state index in [4.69, 9.17) is 5.14 Å². The first-order valence-electron chi connectivity index (χ1n) is 11.2. The molecule has 3 aromatic rings. The van der Waals surface area contributed by atoms with Gasteiger partial charge in [-0.3, -0.25) is 4.79 Å². The molecule has 0 unspecified atom stereocenters. The molecule has 178 valence electrons. The summed E-state index contributed by atoms with van der Waals surface area (Å²) in [5.74, 6) is -1.27. The van der Waals surface area contributed by atoms with Crippen molar-refractivity contribution in [2.24, 2.45) is 11.1 Å². The highest BCUT2D eigenvalue weighted by Gasteiger charge is 2.41. The Balaban J connectivity index is 1.31. The summed E-state index contributed by atoms with van der Waals surface area (Å²) >= 11 is 0. The van der Waals surface area contributed by atoms with Crippen LogP contribution in [0.15, 0.2) is 65.6 Å². The summed E-state index contributed by atoms with van der Waals surface area (Å²) in [6.07, 6.45) is 0.449. The molecule has 1 amide bonds. The summed E-state index contributed by atoms with van der Waals surface area (Å²) in [6.45, 7) is 2.91. The van der Waals surface area contributed by atoms with Crippen molar-refractivity contribution in [1.29, 1.82) is 5.26 Å². The molecule has 2 heterocycles. The highest BCUT2D eigenvalue weighted by Crippen LogP contribution is 2.38. The van der Waals surface area contributed by atoms with Crippen LogP contribution in [0.2, 0.25) is 0 Å². The fraction of sp³-hybridized carbons (Fsp3) is 0.231. The number of rotatable bonds is 4. The van der Waals surface area contributed by atoms with Crippen LogP contribution in [-0.2, 0) is 21.2 Å². The fourth-order valence-corrected chi connectivity index (χ4v) is 5.51. The van der Waals surface area contributed by atoms with Crippen LogP contribution >= 0.6 is 0 Å². The number of benzene rings is 3. The highest BCUT2D eigenvalue weighted by atomic mass is 32.2. The number of hydrogen-bond donors (Lipinski definition) is 1. The Hall–Kier alpha value is -3.74. The largest absolute Gasteiger partial charge is 0.370 e. The zero-order valence-corrected chi connectivity index (χ0v) is 19.8. The Morgan fingerprint density at radius 1 is 1.11 bits per heavy atom. The van der Waals surface area contributed by atoms with Gasteiger partial charge in [0.15, 0.2) is 0 Å². The number of nitrogens with zero attached hydrogens (tertiary/aromatic N) is 3. The molecule has 0 aromatic heterocycles. The summed E-state index contributed by atoms with van der Waals surface area (Å²) in [5, 5.41) is 14.5. The Morgan fingerprint density at radius 3 is 2.46 bits per heavy atom. The molecule has 0 radical (unpaired) electrons. The zero-order valence-electron chi connectivity index (χ0n) is 19.0. The maximum atomic E-state index is 14.3. The number of carbonyl (C=O) groups excluding carboxylic acids is 1. The second-order valence-electron chi connectivity index (χ2n) is 9.02. The third-order valence-electron chi connectivity index (χ3n) is 6.71. The van der Waals surface area contributed by atoms with E-state index in [-0.39, 0.29) is 17.9 Å². The first-order valence-corrected chi connectivity index (χ1v) is 12.7. The molecule has 1 saturated heterocycles. The number of anilines is 2. The van der Waals surface area contributed by atoms with Crippen molar-refractivity contribution in [2.45, 2.75) is 24.3 Å². The van der Waals surface area contributed by atoms with Crippen molar-refractivity contribution >= 4 is 27.3 Å². The molecule has 0 bridgehead atoms. The predicted molar refractivity (Wildman–Crippen MR) is 131 cm³/mol. The van der Waals surface area contributed by atoms with Crippen molar-refractivity contribution in [2.75, 3.05) is 22.9 Å². The second-order valence-corrected chi connectivity index (χ2v) is 10.6. The first kappa shape index (κ1) is 23.0. The maximum absolute atomic E-state index is 14.3. The van der Waals surface area contributed by atoms with Crippen molar-refractivity contribution in [1.82, 2.24) is 0 Å². The molecule has 2 aliphatic rings. The SMILES string of the molecule is C[C@H]1Cc2cc(F)c(S(N)(=O)=O)cc2N1C(=O)C1CN(c2ccc(-c3ccccc3C#N)cc2)C1. The molecule has 5 rings (SSSR count). The minimum absolute atomic E-state index is 0.112. The molecule has 7 nitrogen and oxygen atoms in total. The normalized spacial score (nSPS) is 17.6. The Morgan fingerprint density at radius 2 is 1.80 bits per heavy atom. The number of hydrogen-bond acceptors (Lipinski definition) is 5. The van der Waals surface area contributed by atoms with E-state index in [1.165, 1.54) is 6.07 Å². The van der Waals surface area contributed by atoms with Crippen LogP contribution in [0.3, 0.4) is 0 Å². The van der Waals surface area contributed by atoms with E-state index >= 15 is 0 Å². The van der Waals surface area contributed by atoms with Gasteiger partial charge in [0.25, 0.3) is 0 Å². The van der Waals surface area contributed by atoms with Gasteiger partial charge in [-0.15, -0.1) is 0 Å². The van der Waals surface area contributed by atoms with Gasteiger partial charge in [-0.2, -0.15) is 5.26 Å². The fourth-order valence-electron chi connectivity index (χ4n) is 4.90. The van der Waals surface area contributed by atoms with Gasteiger partial charge in [-0.1, -0.05) is 30.3 Å². The lowest BCUT2D eigenvalue weighted by atomic mass is 9.95.